The summed E-state index contributed by atoms with van der Waals surface area (Å²) < 4.78 is 26.0. The molecule has 8 heteroatoms. The van der Waals surface area contributed by atoms with Gasteiger partial charge in [-0.15, -0.1) is 0 Å². The molecule has 0 bridgehead atoms. The Labute approximate surface area is 104 Å². The molecule has 2 atom stereocenters. The standard InChI is InChI=1S/C10H13N3O4S/c11-8-5-9(8)12-18(16,17)6-7-3-1-2-4-10(7)13(14)15/h1-4,8-9,12H,5-6,11H2. The number of nitro groups is 1. The number of nitrogens with two attached hydrogens (primary N) is 1. The fourth-order valence-electron chi connectivity index (χ4n) is 1.64. The van der Waals surface area contributed by atoms with Crippen LogP contribution >= 0.6 is 0 Å². The minimum Gasteiger partial charge on any atom is -0.326 e. The lowest BCUT2D eigenvalue weighted by molar-refractivity contribution is -0.385. The van der Waals surface area contributed by atoms with Gasteiger partial charge in [-0.05, 0) is 6.42 Å². The Morgan fingerprint density at radius 3 is 2.61 bits per heavy atom. The van der Waals surface area contributed by atoms with E-state index in [2.05, 4.69) is 4.72 Å². The van der Waals surface area contributed by atoms with Crippen LogP contribution in [0.25, 0.3) is 0 Å². The molecule has 3 N–H and O–H groups in total. The van der Waals surface area contributed by atoms with E-state index in [-0.39, 0.29) is 23.3 Å². The second-order valence-corrected chi connectivity index (χ2v) is 6.02. The van der Waals surface area contributed by atoms with Crippen molar-refractivity contribution in [2.75, 3.05) is 0 Å². The Balaban J connectivity index is 2.15. The fraction of sp³-hybridized carbons (Fsp3) is 0.400. The number of rotatable bonds is 5. The van der Waals surface area contributed by atoms with Crippen molar-refractivity contribution in [1.29, 1.82) is 0 Å². The molecule has 1 fully saturated rings. The molecule has 2 rings (SSSR count). The predicted octanol–water partition coefficient (Wildman–Crippen LogP) is 0.114. The van der Waals surface area contributed by atoms with Crippen molar-refractivity contribution >= 4 is 15.7 Å². The molecule has 1 aliphatic rings. The normalized spacial score (nSPS) is 22.7. The average molecular weight is 271 g/mol. The zero-order chi connectivity index (χ0) is 13.3. The third kappa shape index (κ3) is 3.03. The highest BCUT2D eigenvalue weighted by Gasteiger charge is 2.37. The zero-order valence-corrected chi connectivity index (χ0v) is 10.3. The van der Waals surface area contributed by atoms with Crippen LogP contribution in [-0.4, -0.2) is 25.4 Å². The van der Waals surface area contributed by atoms with Gasteiger partial charge in [0.1, 0.15) is 0 Å². The fourth-order valence-corrected chi connectivity index (χ4v) is 3.11. The Hall–Kier alpha value is -1.51. The molecular weight excluding hydrogens is 258 g/mol. The van der Waals surface area contributed by atoms with E-state index < -0.39 is 20.7 Å². The van der Waals surface area contributed by atoms with E-state index in [1.165, 1.54) is 18.2 Å². The summed E-state index contributed by atoms with van der Waals surface area (Å²) in [5.41, 5.74) is 5.49. The lowest BCUT2D eigenvalue weighted by Gasteiger charge is -2.06. The van der Waals surface area contributed by atoms with E-state index in [0.717, 1.165) is 0 Å². The summed E-state index contributed by atoms with van der Waals surface area (Å²) in [6, 6.07) is 5.40. The van der Waals surface area contributed by atoms with Crippen LogP contribution < -0.4 is 10.5 Å². The third-order valence-electron chi connectivity index (χ3n) is 2.70. The first-order valence-corrected chi connectivity index (χ1v) is 7.02. The highest BCUT2D eigenvalue weighted by atomic mass is 32.2. The maximum atomic E-state index is 11.8. The first-order chi connectivity index (χ1) is 8.39. The molecule has 0 saturated heterocycles. The van der Waals surface area contributed by atoms with Crippen molar-refractivity contribution in [2.24, 2.45) is 5.73 Å². The Morgan fingerprint density at radius 2 is 2.06 bits per heavy atom. The van der Waals surface area contributed by atoms with E-state index in [9.17, 15) is 18.5 Å². The number of nitrogens with zero attached hydrogens (tertiary/aromatic N) is 1. The Morgan fingerprint density at radius 1 is 1.44 bits per heavy atom. The van der Waals surface area contributed by atoms with Gasteiger partial charge in [0.25, 0.3) is 5.69 Å². The molecule has 0 spiro atoms. The molecule has 0 amide bonds. The lowest BCUT2D eigenvalue weighted by Crippen LogP contribution is -2.30. The van der Waals surface area contributed by atoms with Gasteiger partial charge in [0.05, 0.1) is 10.7 Å². The van der Waals surface area contributed by atoms with Crippen LogP contribution in [0.1, 0.15) is 12.0 Å². The number of hydrogen-bond donors (Lipinski definition) is 2. The number of nitro benzene ring substituents is 1. The van der Waals surface area contributed by atoms with E-state index >= 15 is 0 Å². The van der Waals surface area contributed by atoms with Gasteiger partial charge in [0.2, 0.25) is 10.0 Å². The van der Waals surface area contributed by atoms with Crippen molar-refractivity contribution in [3.05, 3.63) is 39.9 Å². The molecule has 2 unspecified atom stereocenters. The minimum absolute atomic E-state index is 0.148. The molecule has 0 heterocycles. The smallest absolute Gasteiger partial charge is 0.273 e. The second kappa shape index (κ2) is 4.63. The summed E-state index contributed by atoms with van der Waals surface area (Å²) in [6.07, 6.45) is 0.607. The van der Waals surface area contributed by atoms with Crippen LogP contribution in [0, 0.1) is 10.1 Å². The van der Waals surface area contributed by atoms with Crippen LogP contribution in [0.15, 0.2) is 24.3 Å². The van der Waals surface area contributed by atoms with Gasteiger partial charge >= 0.3 is 0 Å². The van der Waals surface area contributed by atoms with Gasteiger partial charge in [-0.1, -0.05) is 18.2 Å². The van der Waals surface area contributed by atoms with Gasteiger partial charge in [-0.3, -0.25) is 10.1 Å². The van der Waals surface area contributed by atoms with Crippen molar-refractivity contribution in [2.45, 2.75) is 24.3 Å². The summed E-state index contributed by atoms with van der Waals surface area (Å²) in [6.45, 7) is 0. The highest BCUT2D eigenvalue weighted by molar-refractivity contribution is 7.88. The monoisotopic (exact) mass is 271 g/mol. The van der Waals surface area contributed by atoms with Gasteiger partial charge in [-0.25, -0.2) is 13.1 Å². The second-order valence-electron chi connectivity index (χ2n) is 4.27. The van der Waals surface area contributed by atoms with E-state index in [4.69, 9.17) is 5.73 Å². The van der Waals surface area contributed by atoms with Crippen molar-refractivity contribution in [1.82, 2.24) is 4.72 Å². The molecule has 0 aliphatic heterocycles. The molecule has 98 valence electrons. The van der Waals surface area contributed by atoms with Crippen LogP contribution in [0.2, 0.25) is 0 Å². The summed E-state index contributed by atoms with van der Waals surface area (Å²) in [7, 11) is -3.59. The topological polar surface area (TPSA) is 115 Å². The largest absolute Gasteiger partial charge is 0.326 e. The quantitative estimate of drug-likeness (QED) is 0.582. The average Bonchev–Trinajstić information content (AvgIpc) is 2.92. The first-order valence-electron chi connectivity index (χ1n) is 5.37. The van der Waals surface area contributed by atoms with E-state index in [1.54, 1.807) is 6.07 Å². The number of nitrogens with one attached hydrogen (secondary N) is 1. The molecule has 7 nitrogen and oxygen atoms in total. The third-order valence-corrected chi connectivity index (χ3v) is 4.06. The van der Waals surface area contributed by atoms with Gasteiger partial charge in [0.15, 0.2) is 0 Å². The number of hydrogen-bond acceptors (Lipinski definition) is 5. The first kappa shape index (κ1) is 12.9. The molecule has 0 radical (unpaired) electrons. The molecule has 1 aromatic carbocycles. The van der Waals surface area contributed by atoms with E-state index in [0.29, 0.717) is 6.42 Å². The van der Waals surface area contributed by atoms with Crippen LogP contribution in [0.3, 0.4) is 0 Å². The Bertz CT molecular complexity index is 572. The molecule has 1 aliphatic carbocycles. The van der Waals surface area contributed by atoms with Gasteiger partial charge in [0, 0.05) is 23.7 Å². The maximum Gasteiger partial charge on any atom is 0.273 e. The van der Waals surface area contributed by atoms with Crippen LogP contribution in [0.4, 0.5) is 5.69 Å². The molecule has 0 aromatic heterocycles. The summed E-state index contributed by atoms with van der Waals surface area (Å²) in [5.74, 6) is -0.409. The number of para-hydroxylation sites is 1. The van der Waals surface area contributed by atoms with E-state index in [1.807, 2.05) is 0 Å². The van der Waals surface area contributed by atoms with Crippen LogP contribution in [-0.2, 0) is 15.8 Å². The minimum atomic E-state index is -3.59. The predicted molar refractivity (Wildman–Crippen MR) is 65.2 cm³/mol. The van der Waals surface area contributed by atoms with Crippen molar-refractivity contribution in [3.63, 3.8) is 0 Å². The Kier molecular flexibility index (Phi) is 3.33. The SMILES string of the molecule is NC1CC1NS(=O)(=O)Cc1ccccc1[N+](=O)[O-]. The molecule has 1 saturated carbocycles. The molecular formula is C10H13N3O4S. The molecule has 1 aromatic rings. The summed E-state index contributed by atoms with van der Waals surface area (Å²) in [4.78, 5) is 10.2. The number of sulfonamides is 1. The van der Waals surface area contributed by atoms with Gasteiger partial charge < -0.3 is 5.73 Å². The van der Waals surface area contributed by atoms with Crippen molar-refractivity contribution < 1.29 is 13.3 Å². The number of benzene rings is 1. The highest BCUT2D eigenvalue weighted by Crippen LogP contribution is 2.23. The lowest BCUT2D eigenvalue weighted by atomic mass is 10.2. The van der Waals surface area contributed by atoms with Crippen LogP contribution in [0.5, 0.6) is 0 Å². The van der Waals surface area contributed by atoms with Crippen molar-refractivity contribution in [3.8, 4) is 0 Å². The summed E-state index contributed by atoms with van der Waals surface area (Å²) >= 11 is 0. The van der Waals surface area contributed by atoms with Gasteiger partial charge in [-0.2, -0.15) is 0 Å². The molecule has 18 heavy (non-hydrogen) atoms. The summed E-state index contributed by atoms with van der Waals surface area (Å²) in [5, 5.41) is 10.8. The maximum absolute atomic E-state index is 11.8. The zero-order valence-electron chi connectivity index (χ0n) is 9.44.